The molecule has 7 nitrogen and oxygen atoms in total. The van der Waals surface area contributed by atoms with E-state index in [0.29, 0.717) is 30.8 Å². The van der Waals surface area contributed by atoms with E-state index in [9.17, 15) is 0 Å². The van der Waals surface area contributed by atoms with Crippen molar-refractivity contribution in [1.82, 2.24) is 15.5 Å². The van der Waals surface area contributed by atoms with Crippen molar-refractivity contribution in [2.45, 2.75) is 25.9 Å². The van der Waals surface area contributed by atoms with E-state index in [1.807, 2.05) is 24.3 Å². The number of hydrogen-bond donors (Lipinski definition) is 2. The number of halogens is 1. The Bertz CT molecular complexity index is 658. The topological polar surface area (TPSA) is 98.6 Å². The lowest BCUT2D eigenvalue weighted by Gasteiger charge is -2.26. The van der Waals surface area contributed by atoms with E-state index in [0.717, 1.165) is 17.7 Å². The van der Waals surface area contributed by atoms with Gasteiger partial charge in [-0.1, -0.05) is 23.4 Å². The second kappa shape index (κ2) is 7.43. The maximum Gasteiger partial charge on any atom is 0.223 e. The second-order valence-electron chi connectivity index (χ2n) is 4.80. The number of aliphatic imine (C=N–C) groups is 1. The van der Waals surface area contributed by atoms with Gasteiger partial charge in [-0.25, -0.2) is 4.99 Å². The summed E-state index contributed by atoms with van der Waals surface area (Å²) >= 11 is 0. The van der Waals surface area contributed by atoms with Crippen molar-refractivity contribution in [3.63, 3.8) is 0 Å². The lowest BCUT2D eigenvalue weighted by atomic mass is 10.0. The monoisotopic (exact) mass is 415 g/mol. The van der Waals surface area contributed by atoms with E-state index in [1.54, 1.807) is 6.92 Å². The fourth-order valence-electron chi connectivity index (χ4n) is 2.28. The third-order valence-corrected chi connectivity index (χ3v) is 3.24. The Labute approximate surface area is 145 Å². The molecule has 1 aromatic carbocycles. The van der Waals surface area contributed by atoms with Crippen LogP contribution in [0.3, 0.4) is 0 Å². The fraction of sp³-hybridized carbons (Fsp3) is 0.357. The molecule has 3 rings (SSSR count). The summed E-state index contributed by atoms with van der Waals surface area (Å²) in [5.74, 6) is 2.29. The number of nitrogens with two attached hydrogens (primary N) is 1. The fourth-order valence-corrected chi connectivity index (χ4v) is 2.28. The third-order valence-electron chi connectivity index (χ3n) is 3.24. The van der Waals surface area contributed by atoms with E-state index in [1.165, 1.54) is 0 Å². The molecule has 0 aliphatic carbocycles. The summed E-state index contributed by atoms with van der Waals surface area (Å²) in [7, 11) is 0. The molecule has 1 unspecified atom stereocenters. The highest BCUT2D eigenvalue weighted by atomic mass is 127. The predicted molar refractivity (Wildman–Crippen MR) is 92.2 cm³/mol. The molecule has 1 aromatic heterocycles. The van der Waals surface area contributed by atoms with Crippen LogP contribution < -0.4 is 15.8 Å². The maximum absolute atomic E-state index is 5.93. The van der Waals surface area contributed by atoms with Gasteiger partial charge < -0.3 is 20.3 Å². The van der Waals surface area contributed by atoms with Crippen molar-refractivity contribution in [1.29, 1.82) is 0 Å². The Balaban J connectivity index is 0.00000176. The van der Waals surface area contributed by atoms with Gasteiger partial charge in [-0.2, -0.15) is 4.98 Å². The van der Waals surface area contributed by atoms with Gasteiger partial charge in [0, 0.05) is 18.9 Å². The molecular weight excluding hydrogens is 397 g/mol. The van der Waals surface area contributed by atoms with Crippen LogP contribution in [0.1, 0.15) is 29.7 Å². The first-order valence-electron chi connectivity index (χ1n) is 6.80. The quantitative estimate of drug-likeness (QED) is 0.452. The van der Waals surface area contributed by atoms with Gasteiger partial charge in [-0.15, -0.1) is 24.0 Å². The lowest BCUT2D eigenvalue weighted by molar-refractivity contribution is 0.262. The van der Waals surface area contributed by atoms with Crippen LogP contribution in [0, 0.1) is 6.92 Å². The van der Waals surface area contributed by atoms with Gasteiger partial charge in [0.05, 0.1) is 12.6 Å². The Morgan fingerprint density at radius 2 is 2.27 bits per heavy atom. The molecule has 22 heavy (non-hydrogen) atoms. The molecule has 0 saturated carbocycles. The van der Waals surface area contributed by atoms with Crippen LogP contribution in [0.15, 0.2) is 33.8 Å². The van der Waals surface area contributed by atoms with E-state index < -0.39 is 0 Å². The highest BCUT2D eigenvalue weighted by Gasteiger charge is 2.21. The Morgan fingerprint density at radius 1 is 1.45 bits per heavy atom. The van der Waals surface area contributed by atoms with E-state index in [-0.39, 0.29) is 30.0 Å². The standard InChI is InChI=1S/C14H17N5O2.HI/c1-9-17-13(19-21-9)8-16-14(15)18-11-6-7-20-12-5-3-2-4-10(11)12;/h2-5,11H,6-8H2,1H3,(H3,15,16,18);1H. The van der Waals surface area contributed by atoms with Crippen LogP contribution in [0.2, 0.25) is 0 Å². The van der Waals surface area contributed by atoms with Gasteiger partial charge in [0.15, 0.2) is 11.8 Å². The van der Waals surface area contributed by atoms with Crippen molar-refractivity contribution in [2.75, 3.05) is 6.61 Å². The highest BCUT2D eigenvalue weighted by molar-refractivity contribution is 14.0. The Kier molecular flexibility index (Phi) is 5.58. The summed E-state index contributed by atoms with van der Waals surface area (Å²) in [6.45, 7) is 2.69. The van der Waals surface area contributed by atoms with Crippen LogP contribution in [-0.4, -0.2) is 22.7 Å². The number of aryl methyl sites for hydroxylation is 1. The van der Waals surface area contributed by atoms with Crippen molar-refractivity contribution >= 4 is 29.9 Å². The molecule has 3 N–H and O–H groups in total. The van der Waals surface area contributed by atoms with Crippen molar-refractivity contribution in [2.24, 2.45) is 10.7 Å². The molecule has 0 bridgehead atoms. The molecule has 0 fully saturated rings. The molecule has 8 heteroatoms. The number of nitrogens with zero attached hydrogens (tertiary/aromatic N) is 3. The summed E-state index contributed by atoms with van der Waals surface area (Å²) in [4.78, 5) is 8.31. The average Bonchev–Trinajstić information content (AvgIpc) is 2.91. The number of para-hydroxylation sites is 1. The number of ether oxygens (including phenoxy) is 1. The first-order chi connectivity index (χ1) is 10.2. The van der Waals surface area contributed by atoms with Crippen LogP contribution in [0.5, 0.6) is 5.75 Å². The summed E-state index contributed by atoms with van der Waals surface area (Å²) in [5, 5.41) is 6.99. The molecule has 1 aliphatic rings. The van der Waals surface area contributed by atoms with Crippen molar-refractivity contribution in [3.8, 4) is 5.75 Å². The van der Waals surface area contributed by atoms with Gasteiger partial charge in [0.25, 0.3) is 0 Å². The van der Waals surface area contributed by atoms with Crippen molar-refractivity contribution in [3.05, 3.63) is 41.5 Å². The van der Waals surface area contributed by atoms with Crippen LogP contribution >= 0.6 is 24.0 Å². The average molecular weight is 415 g/mol. The lowest BCUT2D eigenvalue weighted by Crippen LogP contribution is -2.37. The number of nitrogens with one attached hydrogen (secondary N) is 1. The van der Waals surface area contributed by atoms with Gasteiger partial charge in [-0.05, 0) is 6.07 Å². The summed E-state index contributed by atoms with van der Waals surface area (Å²) in [5.41, 5.74) is 7.02. The molecule has 0 spiro atoms. The van der Waals surface area contributed by atoms with Crippen LogP contribution in [-0.2, 0) is 6.54 Å². The number of guanidine groups is 1. The molecular formula is C14H18IN5O2. The summed E-state index contributed by atoms with van der Waals surface area (Å²) < 4.78 is 10.5. The zero-order valence-corrected chi connectivity index (χ0v) is 14.5. The summed E-state index contributed by atoms with van der Waals surface area (Å²) in [6, 6.07) is 8.03. The van der Waals surface area contributed by atoms with E-state index in [4.69, 9.17) is 15.0 Å². The maximum atomic E-state index is 5.93. The molecule has 2 aromatic rings. The second-order valence-corrected chi connectivity index (χ2v) is 4.80. The van der Waals surface area contributed by atoms with Crippen LogP contribution in [0.4, 0.5) is 0 Å². The third kappa shape index (κ3) is 3.87. The van der Waals surface area contributed by atoms with Gasteiger partial charge >= 0.3 is 0 Å². The molecule has 0 saturated heterocycles. The zero-order chi connectivity index (χ0) is 14.7. The Hall–Kier alpha value is -1.84. The number of benzene rings is 1. The first kappa shape index (κ1) is 16.5. The number of aromatic nitrogens is 2. The SMILES string of the molecule is Cc1nc(CN=C(N)NC2CCOc3ccccc32)no1.I. The van der Waals surface area contributed by atoms with E-state index >= 15 is 0 Å². The number of rotatable bonds is 3. The molecule has 0 amide bonds. The molecule has 118 valence electrons. The normalized spacial score (nSPS) is 17.1. The minimum Gasteiger partial charge on any atom is -0.493 e. The van der Waals surface area contributed by atoms with Gasteiger partial charge in [-0.3, -0.25) is 0 Å². The van der Waals surface area contributed by atoms with Crippen LogP contribution in [0.25, 0.3) is 0 Å². The first-order valence-corrected chi connectivity index (χ1v) is 6.80. The number of hydrogen-bond acceptors (Lipinski definition) is 5. The van der Waals surface area contributed by atoms with Gasteiger partial charge in [0.1, 0.15) is 12.3 Å². The smallest absolute Gasteiger partial charge is 0.223 e. The zero-order valence-electron chi connectivity index (χ0n) is 12.2. The highest BCUT2D eigenvalue weighted by Crippen LogP contribution is 2.31. The largest absolute Gasteiger partial charge is 0.493 e. The Morgan fingerprint density at radius 3 is 3.05 bits per heavy atom. The predicted octanol–water partition coefficient (Wildman–Crippen LogP) is 1.92. The minimum absolute atomic E-state index is 0. The minimum atomic E-state index is 0. The molecule has 2 heterocycles. The summed E-state index contributed by atoms with van der Waals surface area (Å²) in [6.07, 6.45) is 0.842. The van der Waals surface area contributed by atoms with E-state index in [2.05, 4.69) is 20.4 Å². The van der Waals surface area contributed by atoms with Gasteiger partial charge in [0.2, 0.25) is 5.89 Å². The molecule has 1 aliphatic heterocycles. The molecule has 0 radical (unpaired) electrons. The molecule has 1 atom stereocenters. The number of fused-ring (bicyclic) bond motifs is 1. The van der Waals surface area contributed by atoms with Crippen molar-refractivity contribution < 1.29 is 9.26 Å².